The molecule has 27 heavy (non-hydrogen) atoms. The lowest BCUT2D eigenvalue weighted by Gasteiger charge is -2.46. The predicted molar refractivity (Wildman–Crippen MR) is 106 cm³/mol. The third kappa shape index (κ3) is 3.68. The Kier molecular flexibility index (Phi) is 5.08. The van der Waals surface area contributed by atoms with Gasteiger partial charge in [-0.15, -0.1) is 0 Å². The lowest BCUT2D eigenvalue weighted by molar-refractivity contribution is -0.123. The molecule has 1 aliphatic carbocycles. The first-order valence-electron chi connectivity index (χ1n) is 10.2. The summed E-state index contributed by atoms with van der Waals surface area (Å²) < 4.78 is 0. The van der Waals surface area contributed by atoms with E-state index in [1.807, 2.05) is 47.2 Å². The minimum absolute atomic E-state index is 0.0651. The third-order valence-corrected chi connectivity index (χ3v) is 6.56. The van der Waals surface area contributed by atoms with Crippen LogP contribution in [-0.2, 0) is 4.79 Å². The van der Waals surface area contributed by atoms with E-state index in [4.69, 9.17) is 0 Å². The Balaban J connectivity index is 1.44. The zero-order valence-electron chi connectivity index (χ0n) is 16.2. The molecule has 1 aromatic carbocycles. The number of urea groups is 1. The Bertz CT molecular complexity index is 689. The second-order valence-corrected chi connectivity index (χ2v) is 8.35. The fourth-order valence-corrected chi connectivity index (χ4v) is 4.79. The normalized spacial score (nSPS) is 27.4. The van der Waals surface area contributed by atoms with Gasteiger partial charge in [0.2, 0.25) is 5.91 Å². The molecular formula is C21H30N4O2. The average molecular weight is 370 g/mol. The molecule has 0 aromatic heterocycles. The fraction of sp³-hybridized carbons (Fsp3) is 0.619. The van der Waals surface area contributed by atoms with Gasteiger partial charge in [0, 0.05) is 31.4 Å². The highest BCUT2D eigenvalue weighted by atomic mass is 16.2. The fourth-order valence-electron chi connectivity index (χ4n) is 4.79. The number of likely N-dealkylation sites (N-methyl/N-ethyl adjacent to an activating group) is 1. The quantitative estimate of drug-likeness (QED) is 0.870. The zero-order valence-corrected chi connectivity index (χ0v) is 16.2. The van der Waals surface area contributed by atoms with Crippen molar-refractivity contribution < 1.29 is 9.59 Å². The number of hydrogen-bond donors (Lipinski definition) is 1. The van der Waals surface area contributed by atoms with Crippen LogP contribution in [0.5, 0.6) is 0 Å². The summed E-state index contributed by atoms with van der Waals surface area (Å²) in [5, 5.41) is 3.24. The molecule has 6 heteroatoms. The lowest BCUT2D eigenvalue weighted by Crippen LogP contribution is -2.64. The first kappa shape index (κ1) is 18.3. The van der Waals surface area contributed by atoms with Gasteiger partial charge in [0.05, 0.1) is 12.1 Å². The van der Waals surface area contributed by atoms with Crippen LogP contribution in [0, 0.1) is 0 Å². The molecule has 0 bridgehead atoms. The van der Waals surface area contributed by atoms with Gasteiger partial charge in [-0.2, -0.15) is 0 Å². The van der Waals surface area contributed by atoms with E-state index in [2.05, 4.69) is 10.2 Å². The van der Waals surface area contributed by atoms with Crippen molar-refractivity contribution in [3.05, 3.63) is 30.3 Å². The summed E-state index contributed by atoms with van der Waals surface area (Å²) in [6.07, 6.45) is 6.81. The van der Waals surface area contributed by atoms with Gasteiger partial charge in [0.25, 0.3) is 0 Å². The number of para-hydroxylation sites is 1. The molecule has 1 atom stereocenters. The monoisotopic (exact) mass is 370 g/mol. The summed E-state index contributed by atoms with van der Waals surface area (Å²) >= 11 is 0. The Morgan fingerprint density at radius 1 is 1.11 bits per heavy atom. The molecule has 1 N–H and O–H groups in total. The highest BCUT2D eigenvalue weighted by Crippen LogP contribution is 2.33. The topological polar surface area (TPSA) is 55.9 Å². The summed E-state index contributed by atoms with van der Waals surface area (Å²) in [5.74, 6) is 0.124. The smallest absolute Gasteiger partial charge is 0.317 e. The van der Waals surface area contributed by atoms with E-state index in [1.54, 1.807) is 0 Å². The molecule has 3 amide bonds. The number of hydrogen-bond acceptors (Lipinski definition) is 3. The molecule has 3 aliphatic rings. The predicted octanol–water partition coefficient (Wildman–Crippen LogP) is 2.45. The molecule has 2 heterocycles. The number of likely N-dealkylation sites (tertiary alicyclic amines) is 1. The summed E-state index contributed by atoms with van der Waals surface area (Å²) in [6.45, 7) is 2.46. The van der Waals surface area contributed by atoms with Crippen molar-refractivity contribution in [1.29, 1.82) is 0 Å². The van der Waals surface area contributed by atoms with E-state index in [0.717, 1.165) is 31.5 Å². The minimum Gasteiger partial charge on any atom is -0.335 e. The van der Waals surface area contributed by atoms with Gasteiger partial charge in [-0.25, -0.2) is 4.79 Å². The first-order chi connectivity index (χ1) is 13.1. The van der Waals surface area contributed by atoms with Gasteiger partial charge in [-0.05, 0) is 38.4 Å². The number of benzene rings is 1. The van der Waals surface area contributed by atoms with Gasteiger partial charge in [-0.1, -0.05) is 37.5 Å². The van der Waals surface area contributed by atoms with E-state index < -0.39 is 0 Å². The largest absolute Gasteiger partial charge is 0.335 e. The van der Waals surface area contributed by atoms with Gasteiger partial charge in [0.15, 0.2) is 0 Å². The Morgan fingerprint density at radius 2 is 1.85 bits per heavy atom. The van der Waals surface area contributed by atoms with Crippen LogP contribution < -0.4 is 10.2 Å². The molecule has 4 rings (SSSR count). The Morgan fingerprint density at radius 3 is 2.59 bits per heavy atom. The molecular weight excluding hydrogens is 340 g/mol. The highest BCUT2D eigenvalue weighted by molar-refractivity contribution is 5.96. The standard InChI is InChI=1S/C21H30N4O2/c1-23-14-19(26)25(18-10-6-3-7-11-18)16-21(23)12-13-24(15-21)20(27)22-17-8-4-2-5-9-17/h3,6-7,10-11,17H,2,4-5,8-9,12-16H2,1H3,(H,22,27). The van der Waals surface area contributed by atoms with Crippen molar-refractivity contribution in [2.45, 2.75) is 50.1 Å². The molecule has 6 nitrogen and oxygen atoms in total. The summed E-state index contributed by atoms with van der Waals surface area (Å²) in [6, 6.07) is 10.3. The van der Waals surface area contributed by atoms with Crippen LogP contribution in [-0.4, -0.2) is 66.5 Å². The summed E-state index contributed by atoms with van der Waals surface area (Å²) in [4.78, 5) is 31.4. The molecule has 1 saturated carbocycles. The second kappa shape index (κ2) is 7.50. The number of carbonyl (C=O) groups is 2. The maximum Gasteiger partial charge on any atom is 0.317 e. The molecule has 1 spiro atoms. The molecule has 1 aromatic rings. The van der Waals surface area contributed by atoms with E-state index in [-0.39, 0.29) is 17.5 Å². The number of carbonyl (C=O) groups excluding carboxylic acids is 2. The van der Waals surface area contributed by atoms with E-state index in [0.29, 0.717) is 25.7 Å². The SMILES string of the molecule is CN1CC(=O)N(c2ccccc2)CC12CCN(C(=O)NC1CCCCC1)C2. The van der Waals surface area contributed by atoms with Gasteiger partial charge in [-0.3, -0.25) is 9.69 Å². The van der Waals surface area contributed by atoms with Gasteiger partial charge < -0.3 is 15.1 Å². The number of nitrogens with one attached hydrogen (secondary N) is 1. The Hall–Kier alpha value is -2.08. The van der Waals surface area contributed by atoms with Gasteiger partial charge in [0.1, 0.15) is 0 Å². The minimum atomic E-state index is -0.159. The van der Waals surface area contributed by atoms with Crippen LogP contribution in [0.3, 0.4) is 0 Å². The van der Waals surface area contributed by atoms with Crippen molar-refractivity contribution in [2.24, 2.45) is 0 Å². The van der Waals surface area contributed by atoms with Crippen LogP contribution in [0.25, 0.3) is 0 Å². The van der Waals surface area contributed by atoms with Crippen molar-refractivity contribution >= 4 is 17.6 Å². The molecule has 146 valence electrons. The number of amides is 3. The number of anilines is 1. The average Bonchev–Trinajstić information content (AvgIpc) is 3.12. The zero-order chi connectivity index (χ0) is 18.9. The van der Waals surface area contributed by atoms with Crippen molar-refractivity contribution in [3.8, 4) is 0 Å². The molecule has 2 saturated heterocycles. The van der Waals surface area contributed by atoms with Crippen molar-refractivity contribution in [3.63, 3.8) is 0 Å². The van der Waals surface area contributed by atoms with Crippen LogP contribution >= 0.6 is 0 Å². The lowest BCUT2D eigenvalue weighted by atomic mass is 9.92. The third-order valence-electron chi connectivity index (χ3n) is 6.56. The van der Waals surface area contributed by atoms with Crippen LogP contribution in [0.1, 0.15) is 38.5 Å². The number of nitrogens with zero attached hydrogens (tertiary/aromatic N) is 3. The van der Waals surface area contributed by atoms with Crippen LogP contribution in [0.4, 0.5) is 10.5 Å². The molecule has 3 fully saturated rings. The van der Waals surface area contributed by atoms with E-state index in [9.17, 15) is 9.59 Å². The molecule has 0 radical (unpaired) electrons. The van der Waals surface area contributed by atoms with Crippen molar-refractivity contribution in [1.82, 2.24) is 15.1 Å². The van der Waals surface area contributed by atoms with Gasteiger partial charge >= 0.3 is 6.03 Å². The number of piperazine rings is 1. The number of rotatable bonds is 2. The highest BCUT2D eigenvalue weighted by Gasteiger charge is 2.48. The van der Waals surface area contributed by atoms with Crippen LogP contribution in [0.2, 0.25) is 0 Å². The maximum atomic E-state index is 12.8. The van der Waals surface area contributed by atoms with Crippen molar-refractivity contribution in [2.75, 3.05) is 38.1 Å². The van der Waals surface area contributed by atoms with E-state index in [1.165, 1.54) is 19.3 Å². The van der Waals surface area contributed by atoms with Crippen LogP contribution in [0.15, 0.2) is 30.3 Å². The summed E-state index contributed by atoms with van der Waals surface area (Å²) in [5.41, 5.74) is 0.785. The molecule has 2 aliphatic heterocycles. The Labute approximate surface area is 161 Å². The van der Waals surface area contributed by atoms with E-state index >= 15 is 0 Å². The maximum absolute atomic E-state index is 12.8. The second-order valence-electron chi connectivity index (χ2n) is 8.35. The molecule has 1 unspecified atom stereocenters. The first-order valence-corrected chi connectivity index (χ1v) is 10.2. The summed E-state index contributed by atoms with van der Waals surface area (Å²) in [7, 11) is 2.02.